The standard InChI is InChI=1S/C21H21NO3/c23-18-9-10-19-20(16(18)13-22-11-5-2-6-12-22)17(14-25-19)21(24)15-7-3-1-4-8-15/h1,3-4,7-10,14,23H,2,5-6,11-13H2. The second kappa shape index (κ2) is 6.73. The minimum atomic E-state index is -0.0788. The lowest BCUT2D eigenvalue weighted by atomic mass is 9.98. The predicted molar refractivity (Wildman–Crippen MR) is 96.9 cm³/mol. The van der Waals surface area contributed by atoms with Crippen LogP contribution in [0.2, 0.25) is 0 Å². The topological polar surface area (TPSA) is 53.7 Å². The van der Waals surface area contributed by atoms with Gasteiger partial charge in [-0.1, -0.05) is 36.8 Å². The molecule has 0 unspecified atom stereocenters. The average molecular weight is 335 g/mol. The molecular formula is C21H21NO3. The van der Waals surface area contributed by atoms with Gasteiger partial charge in [0.1, 0.15) is 17.6 Å². The van der Waals surface area contributed by atoms with Gasteiger partial charge in [0.15, 0.2) is 5.78 Å². The second-order valence-electron chi connectivity index (χ2n) is 6.62. The van der Waals surface area contributed by atoms with Crippen molar-refractivity contribution in [3.05, 3.63) is 65.4 Å². The first-order chi connectivity index (χ1) is 12.2. The van der Waals surface area contributed by atoms with Crippen LogP contribution < -0.4 is 0 Å². The third kappa shape index (κ3) is 3.05. The van der Waals surface area contributed by atoms with Gasteiger partial charge >= 0.3 is 0 Å². The van der Waals surface area contributed by atoms with Crippen LogP contribution in [0.25, 0.3) is 11.0 Å². The number of hydrogen-bond donors (Lipinski definition) is 1. The molecular weight excluding hydrogens is 314 g/mol. The highest BCUT2D eigenvalue weighted by molar-refractivity contribution is 6.16. The Morgan fingerprint density at radius 2 is 1.80 bits per heavy atom. The molecule has 1 aliphatic heterocycles. The van der Waals surface area contributed by atoms with Gasteiger partial charge in [-0.2, -0.15) is 0 Å². The summed E-state index contributed by atoms with van der Waals surface area (Å²) >= 11 is 0. The number of furan rings is 1. The Morgan fingerprint density at radius 1 is 1.04 bits per heavy atom. The van der Waals surface area contributed by atoms with Crippen LogP contribution in [-0.2, 0) is 6.54 Å². The zero-order valence-corrected chi connectivity index (χ0v) is 14.1. The van der Waals surface area contributed by atoms with Crippen molar-refractivity contribution in [1.82, 2.24) is 4.90 Å². The third-order valence-electron chi connectivity index (χ3n) is 4.93. The number of nitrogens with zero attached hydrogens (tertiary/aromatic N) is 1. The largest absolute Gasteiger partial charge is 0.508 e. The molecule has 3 aromatic rings. The summed E-state index contributed by atoms with van der Waals surface area (Å²) in [4.78, 5) is 15.3. The van der Waals surface area contributed by atoms with Crippen LogP contribution >= 0.6 is 0 Å². The Labute approximate surface area is 146 Å². The summed E-state index contributed by atoms with van der Waals surface area (Å²) in [6.45, 7) is 2.68. The van der Waals surface area contributed by atoms with E-state index in [2.05, 4.69) is 4.90 Å². The van der Waals surface area contributed by atoms with E-state index in [9.17, 15) is 9.90 Å². The molecule has 4 rings (SSSR count). The van der Waals surface area contributed by atoms with Crippen LogP contribution in [0.3, 0.4) is 0 Å². The monoisotopic (exact) mass is 335 g/mol. The molecule has 0 atom stereocenters. The Balaban J connectivity index is 1.78. The van der Waals surface area contributed by atoms with Gasteiger partial charge in [0.25, 0.3) is 0 Å². The molecule has 2 aromatic carbocycles. The first-order valence-electron chi connectivity index (χ1n) is 8.78. The number of phenols is 1. The molecule has 1 aliphatic rings. The molecule has 0 radical (unpaired) electrons. The van der Waals surface area contributed by atoms with Gasteiger partial charge in [-0.05, 0) is 38.1 Å². The zero-order valence-electron chi connectivity index (χ0n) is 14.1. The van der Waals surface area contributed by atoms with Gasteiger partial charge in [-0.25, -0.2) is 0 Å². The maximum absolute atomic E-state index is 12.9. The summed E-state index contributed by atoms with van der Waals surface area (Å²) < 4.78 is 5.63. The van der Waals surface area contributed by atoms with Crippen molar-refractivity contribution in [3.63, 3.8) is 0 Å². The molecule has 2 heterocycles. The molecule has 0 saturated carbocycles. The van der Waals surface area contributed by atoms with Crippen molar-refractivity contribution in [2.75, 3.05) is 13.1 Å². The molecule has 0 bridgehead atoms. The normalized spacial score (nSPS) is 15.5. The lowest BCUT2D eigenvalue weighted by Gasteiger charge is -2.27. The van der Waals surface area contributed by atoms with Gasteiger partial charge in [-0.15, -0.1) is 0 Å². The van der Waals surface area contributed by atoms with E-state index < -0.39 is 0 Å². The van der Waals surface area contributed by atoms with Crippen LogP contribution in [0.4, 0.5) is 0 Å². The summed E-state index contributed by atoms with van der Waals surface area (Å²) in [6, 6.07) is 12.6. The fraction of sp³-hybridized carbons (Fsp3) is 0.286. The number of phenolic OH excluding ortho intramolecular Hbond substituents is 1. The first-order valence-corrected chi connectivity index (χ1v) is 8.78. The number of piperidine rings is 1. The van der Waals surface area contributed by atoms with Gasteiger partial charge in [-0.3, -0.25) is 9.69 Å². The number of carbonyl (C=O) groups is 1. The molecule has 1 saturated heterocycles. The van der Waals surface area contributed by atoms with Gasteiger partial charge in [0.05, 0.1) is 5.56 Å². The fourth-order valence-corrected chi connectivity index (χ4v) is 3.60. The SMILES string of the molecule is O=C(c1ccccc1)c1coc2ccc(O)c(CN3CCCCC3)c12. The van der Waals surface area contributed by atoms with Gasteiger partial charge < -0.3 is 9.52 Å². The van der Waals surface area contributed by atoms with E-state index in [1.54, 1.807) is 24.3 Å². The van der Waals surface area contributed by atoms with Crippen molar-refractivity contribution < 1.29 is 14.3 Å². The van der Waals surface area contributed by atoms with Crippen LogP contribution in [0.1, 0.15) is 40.7 Å². The highest BCUT2D eigenvalue weighted by Gasteiger charge is 2.22. The smallest absolute Gasteiger partial charge is 0.196 e. The molecule has 1 aromatic heterocycles. The molecule has 0 aliphatic carbocycles. The van der Waals surface area contributed by atoms with Crippen LogP contribution in [0.15, 0.2) is 53.1 Å². The van der Waals surface area contributed by atoms with E-state index in [0.29, 0.717) is 23.3 Å². The van der Waals surface area contributed by atoms with Crippen LogP contribution in [0, 0.1) is 0 Å². The molecule has 4 heteroatoms. The number of ketones is 1. The molecule has 1 fully saturated rings. The highest BCUT2D eigenvalue weighted by Crippen LogP contribution is 2.34. The number of benzene rings is 2. The lowest BCUT2D eigenvalue weighted by Crippen LogP contribution is -2.29. The summed E-state index contributed by atoms with van der Waals surface area (Å²) in [7, 11) is 0. The molecule has 0 spiro atoms. The van der Waals surface area contributed by atoms with E-state index in [-0.39, 0.29) is 11.5 Å². The Morgan fingerprint density at radius 3 is 2.56 bits per heavy atom. The van der Waals surface area contributed by atoms with E-state index in [1.165, 1.54) is 25.5 Å². The summed E-state index contributed by atoms with van der Waals surface area (Å²) in [6.07, 6.45) is 5.13. The summed E-state index contributed by atoms with van der Waals surface area (Å²) in [5.41, 5.74) is 2.57. The molecule has 128 valence electrons. The fourth-order valence-electron chi connectivity index (χ4n) is 3.60. The zero-order chi connectivity index (χ0) is 17.2. The van der Waals surface area contributed by atoms with Crippen molar-refractivity contribution in [3.8, 4) is 5.75 Å². The molecule has 1 N–H and O–H groups in total. The lowest BCUT2D eigenvalue weighted by molar-refractivity contribution is 0.103. The van der Waals surface area contributed by atoms with Crippen molar-refractivity contribution in [2.24, 2.45) is 0 Å². The summed E-state index contributed by atoms with van der Waals surface area (Å²) in [5, 5.41) is 11.2. The van der Waals surface area contributed by atoms with Crippen molar-refractivity contribution in [2.45, 2.75) is 25.8 Å². The number of fused-ring (bicyclic) bond motifs is 1. The van der Waals surface area contributed by atoms with Crippen LogP contribution in [-0.4, -0.2) is 28.9 Å². The van der Waals surface area contributed by atoms with E-state index in [0.717, 1.165) is 24.0 Å². The van der Waals surface area contributed by atoms with Crippen molar-refractivity contribution >= 4 is 16.8 Å². The molecule has 0 amide bonds. The number of carbonyl (C=O) groups excluding carboxylic acids is 1. The van der Waals surface area contributed by atoms with E-state index in [4.69, 9.17) is 4.42 Å². The van der Waals surface area contributed by atoms with Gasteiger partial charge in [0.2, 0.25) is 0 Å². The number of hydrogen-bond acceptors (Lipinski definition) is 4. The average Bonchev–Trinajstić information content (AvgIpc) is 3.09. The Bertz CT molecular complexity index is 892. The van der Waals surface area contributed by atoms with E-state index in [1.807, 2.05) is 18.2 Å². The number of likely N-dealkylation sites (tertiary alicyclic amines) is 1. The maximum Gasteiger partial charge on any atom is 0.196 e. The number of aromatic hydroxyl groups is 1. The third-order valence-corrected chi connectivity index (χ3v) is 4.93. The quantitative estimate of drug-likeness (QED) is 0.720. The van der Waals surface area contributed by atoms with Crippen LogP contribution in [0.5, 0.6) is 5.75 Å². The predicted octanol–water partition coefficient (Wildman–Crippen LogP) is 4.36. The molecule has 4 nitrogen and oxygen atoms in total. The Kier molecular flexibility index (Phi) is 4.28. The summed E-state index contributed by atoms with van der Waals surface area (Å²) in [5.74, 6) is 0.145. The van der Waals surface area contributed by atoms with E-state index >= 15 is 0 Å². The van der Waals surface area contributed by atoms with Gasteiger partial charge in [0, 0.05) is 23.1 Å². The first kappa shape index (κ1) is 15.9. The van der Waals surface area contributed by atoms with Crippen molar-refractivity contribution in [1.29, 1.82) is 0 Å². The number of rotatable bonds is 4. The highest BCUT2D eigenvalue weighted by atomic mass is 16.3. The maximum atomic E-state index is 12.9. The molecule has 25 heavy (non-hydrogen) atoms. The second-order valence-corrected chi connectivity index (χ2v) is 6.62. The minimum Gasteiger partial charge on any atom is -0.508 e. The minimum absolute atomic E-state index is 0.0788. The Hall–Kier alpha value is -2.59.